The van der Waals surface area contributed by atoms with Crippen LogP contribution >= 0.6 is 0 Å². The van der Waals surface area contributed by atoms with Gasteiger partial charge in [0, 0.05) is 12.8 Å². The van der Waals surface area contributed by atoms with Crippen LogP contribution in [0.4, 0.5) is 0 Å². The third-order valence-corrected chi connectivity index (χ3v) is 2.86. The molecule has 2 aromatic rings. The topological polar surface area (TPSA) is 109 Å². The van der Waals surface area contributed by atoms with Crippen molar-refractivity contribution < 1.29 is 18.4 Å². The van der Waals surface area contributed by atoms with E-state index in [-0.39, 0.29) is 24.7 Å². The summed E-state index contributed by atoms with van der Waals surface area (Å²) in [5.41, 5.74) is 4.64. The maximum atomic E-state index is 11.6. The van der Waals surface area contributed by atoms with E-state index in [1.807, 2.05) is 13.8 Å². The Kier molecular flexibility index (Phi) is 6.07. The fourth-order valence-corrected chi connectivity index (χ4v) is 1.72. The predicted octanol–water partition coefficient (Wildman–Crippen LogP) is 1.87. The number of furan rings is 2. The highest BCUT2D eigenvalue weighted by molar-refractivity contribution is 5.85. The first-order valence-electron chi connectivity index (χ1n) is 7.29. The molecule has 8 heteroatoms. The van der Waals surface area contributed by atoms with Gasteiger partial charge in [-0.15, -0.1) is 0 Å². The minimum Gasteiger partial charge on any atom is -0.460 e. The van der Waals surface area contributed by atoms with E-state index in [0.29, 0.717) is 11.5 Å². The number of aryl methyl sites for hydroxylation is 2. The number of carbonyl (C=O) groups excluding carboxylic acids is 2. The highest BCUT2D eigenvalue weighted by Crippen LogP contribution is 2.03. The molecule has 2 amide bonds. The summed E-state index contributed by atoms with van der Waals surface area (Å²) in [6.07, 6.45) is 2.77. The first-order chi connectivity index (χ1) is 11.5. The van der Waals surface area contributed by atoms with Crippen LogP contribution in [-0.4, -0.2) is 24.2 Å². The lowest BCUT2D eigenvalue weighted by Gasteiger charge is -1.99. The lowest BCUT2D eigenvalue weighted by atomic mass is 10.3. The Labute approximate surface area is 138 Å². The smallest absolute Gasteiger partial charge is 0.240 e. The highest BCUT2D eigenvalue weighted by Gasteiger charge is 2.05. The van der Waals surface area contributed by atoms with E-state index in [1.165, 1.54) is 12.4 Å². The zero-order valence-electron chi connectivity index (χ0n) is 13.4. The maximum absolute atomic E-state index is 11.6. The Morgan fingerprint density at radius 2 is 1.29 bits per heavy atom. The number of amides is 2. The number of hydrazone groups is 2. The van der Waals surface area contributed by atoms with Crippen LogP contribution in [-0.2, 0) is 9.59 Å². The monoisotopic (exact) mass is 330 g/mol. The van der Waals surface area contributed by atoms with E-state index < -0.39 is 0 Å². The Morgan fingerprint density at radius 1 is 0.875 bits per heavy atom. The quantitative estimate of drug-likeness (QED) is 0.596. The molecule has 0 saturated heterocycles. The van der Waals surface area contributed by atoms with E-state index >= 15 is 0 Å². The molecule has 0 spiro atoms. The van der Waals surface area contributed by atoms with Gasteiger partial charge in [-0.05, 0) is 38.1 Å². The Morgan fingerprint density at radius 3 is 1.62 bits per heavy atom. The molecular weight excluding hydrogens is 312 g/mol. The van der Waals surface area contributed by atoms with Gasteiger partial charge in [-0.1, -0.05) is 0 Å². The molecule has 2 rings (SSSR count). The standard InChI is InChI=1S/C16H18N4O4/c1-11-3-5-13(23-11)9-17-19-15(21)7-8-16(22)20-18-10-14-6-4-12(2)24-14/h3-6,9-10H,7-8H2,1-2H3,(H,19,21)(H,20,22)/b17-9-,18-10+. The van der Waals surface area contributed by atoms with Crippen molar-refractivity contribution in [1.82, 2.24) is 10.9 Å². The van der Waals surface area contributed by atoms with Crippen molar-refractivity contribution in [3.8, 4) is 0 Å². The normalized spacial score (nSPS) is 11.2. The predicted molar refractivity (Wildman–Crippen MR) is 87.6 cm³/mol. The fourth-order valence-electron chi connectivity index (χ4n) is 1.72. The first-order valence-corrected chi connectivity index (χ1v) is 7.29. The van der Waals surface area contributed by atoms with E-state index in [1.54, 1.807) is 24.3 Å². The molecule has 0 bridgehead atoms. The molecular formula is C16H18N4O4. The summed E-state index contributed by atoms with van der Waals surface area (Å²) in [7, 11) is 0. The molecule has 0 saturated carbocycles. The van der Waals surface area contributed by atoms with Gasteiger partial charge in [0.1, 0.15) is 23.0 Å². The minimum atomic E-state index is -0.379. The van der Waals surface area contributed by atoms with E-state index in [4.69, 9.17) is 8.83 Å². The summed E-state index contributed by atoms with van der Waals surface area (Å²) >= 11 is 0. The summed E-state index contributed by atoms with van der Waals surface area (Å²) < 4.78 is 10.5. The van der Waals surface area contributed by atoms with Gasteiger partial charge < -0.3 is 8.83 Å². The van der Waals surface area contributed by atoms with Crippen LogP contribution < -0.4 is 10.9 Å². The van der Waals surface area contributed by atoms with Crippen molar-refractivity contribution in [2.24, 2.45) is 10.2 Å². The lowest BCUT2D eigenvalue weighted by Crippen LogP contribution is -2.22. The van der Waals surface area contributed by atoms with Crippen LogP contribution in [0.2, 0.25) is 0 Å². The summed E-state index contributed by atoms with van der Waals surface area (Å²) in [6, 6.07) is 7.05. The molecule has 2 N–H and O–H groups in total. The van der Waals surface area contributed by atoms with E-state index in [9.17, 15) is 9.59 Å². The number of carbonyl (C=O) groups is 2. The van der Waals surface area contributed by atoms with Crippen LogP contribution in [0.3, 0.4) is 0 Å². The fraction of sp³-hybridized carbons (Fsp3) is 0.250. The number of rotatable bonds is 7. The summed E-state index contributed by atoms with van der Waals surface area (Å²) in [6.45, 7) is 3.62. The molecule has 0 aliphatic heterocycles. The van der Waals surface area contributed by atoms with Gasteiger partial charge in [0.15, 0.2) is 0 Å². The Hall–Kier alpha value is -3.16. The van der Waals surface area contributed by atoms with Crippen molar-refractivity contribution in [2.75, 3.05) is 0 Å². The Bertz CT molecular complexity index is 693. The molecule has 2 heterocycles. The van der Waals surface area contributed by atoms with Crippen molar-refractivity contribution in [1.29, 1.82) is 0 Å². The molecule has 126 valence electrons. The second-order valence-electron chi connectivity index (χ2n) is 4.98. The molecule has 0 unspecified atom stereocenters. The molecule has 0 aromatic carbocycles. The number of hydrogen-bond acceptors (Lipinski definition) is 6. The highest BCUT2D eigenvalue weighted by atomic mass is 16.3. The molecule has 0 fully saturated rings. The summed E-state index contributed by atoms with van der Waals surface area (Å²) in [5, 5.41) is 7.49. The molecule has 24 heavy (non-hydrogen) atoms. The van der Waals surface area contributed by atoms with Gasteiger partial charge in [-0.3, -0.25) is 9.59 Å². The van der Waals surface area contributed by atoms with Crippen LogP contribution in [0, 0.1) is 13.8 Å². The molecule has 0 atom stereocenters. The SMILES string of the molecule is Cc1ccc(/C=N\NC(=O)CCC(=O)N/N=C/c2ccc(C)o2)o1. The van der Waals surface area contributed by atoms with Crippen LogP contribution in [0.5, 0.6) is 0 Å². The molecule has 0 radical (unpaired) electrons. The van der Waals surface area contributed by atoms with Gasteiger partial charge in [0.25, 0.3) is 0 Å². The zero-order valence-corrected chi connectivity index (χ0v) is 13.4. The summed E-state index contributed by atoms with van der Waals surface area (Å²) in [4.78, 5) is 23.1. The third kappa shape index (κ3) is 5.91. The second kappa shape index (κ2) is 8.47. The van der Waals surface area contributed by atoms with E-state index in [0.717, 1.165) is 11.5 Å². The molecule has 0 aliphatic rings. The average Bonchev–Trinajstić information content (AvgIpc) is 3.14. The molecule has 0 aliphatic carbocycles. The van der Waals surface area contributed by atoms with Crippen LogP contribution in [0.1, 0.15) is 35.9 Å². The first kappa shape index (κ1) is 17.2. The molecule has 2 aromatic heterocycles. The number of nitrogens with one attached hydrogen (secondary N) is 2. The van der Waals surface area contributed by atoms with Gasteiger partial charge in [-0.25, -0.2) is 10.9 Å². The van der Waals surface area contributed by atoms with Crippen molar-refractivity contribution in [3.05, 3.63) is 47.3 Å². The molecule has 8 nitrogen and oxygen atoms in total. The van der Waals surface area contributed by atoms with Gasteiger partial charge in [0.2, 0.25) is 11.8 Å². The number of hydrogen-bond donors (Lipinski definition) is 2. The van der Waals surface area contributed by atoms with Gasteiger partial charge in [0.05, 0.1) is 12.4 Å². The van der Waals surface area contributed by atoms with Crippen molar-refractivity contribution >= 4 is 24.2 Å². The van der Waals surface area contributed by atoms with Crippen molar-refractivity contribution in [2.45, 2.75) is 26.7 Å². The van der Waals surface area contributed by atoms with Crippen LogP contribution in [0.15, 0.2) is 43.3 Å². The minimum absolute atomic E-state index is 0.00423. The van der Waals surface area contributed by atoms with Gasteiger partial charge in [-0.2, -0.15) is 10.2 Å². The maximum Gasteiger partial charge on any atom is 0.240 e. The lowest BCUT2D eigenvalue weighted by molar-refractivity contribution is -0.126. The Balaban J connectivity index is 1.64. The largest absolute Gasteiger partial charge is 0.460 e. The summed E-state index contributed by atoms with van der Waals surface area (Å²) in [5.74, 6) is 1.82. The van der Waals surface area contributed by atoms with Crippen molar-refractivity contribution in [3.63, 3.8) is 0 Å². The van der Waals surface area contributed by atoms with Gasteiger partial charge >= 0.3 is 0 Å². The second-order valence-corrected chi connectivity index (χ2v) is 4.98. The van der Waals surface area contributed by atoms with E-state index in [2.05, 4.69) is 21.1 Å². The third-order valence-electron chi connectivity index (χ3n) is 2.86. The van der Waals surface area contributed by atoms with Crippen LogP contribution in [0.25, 0.3) is 0 Å². The zero-order chi connectivity index (χ0) is 17.4. The average molecular weight is 330 g/mol. The number of nitrogens with zero attached hydrogens (tertiary/aromatic N) is 2.